The topological polar surface area (TPSA) is 37.8 Å². The first kappa shape index (κ1) is 10.9. The molecule has 14 heavy (non-hydrogen) atoms. The highest BCUT2D eigenvalue weighted by molar-refractivity contribution is 6.31. The Labute approximate surface area is 87.3 Å². The Balaban J connectivity index is 0.000000461. The van der Waals surface area contributed by atoms with E-state index in [4.69, 9.17) is 11.6 Å². The van der Waals surface area contributed by atoms with E-state index in [1.54, 1.807) is 23.7 Å². The molecule has 3 nitrogen and oxygen atoms in total. The van der Waals surface area contributed by atoms with Gasteiger partial charge in [0.15, 0.2) is 0 Å². The lowest BCUT2D eigenvalue weighted by Crippen LogP contribution is -2.11. The molecular formula is C10H13ClN2O. The van der Waals surface area contributed by atoms with Crippen LogP contribution in [0.3, 0.4) is 0 Å². The normalized spacial score (nSPS) is 9.71. The summed E-state index contributed by atoms with van der Waals surface area (Å²) in [6, 6.07) is 5.31. The first-order valence-electron chi connectivity index (χ1n) is 4.53. The maximum Gasteiger partial charge on any atom is 0.326 e. The van der Waals surface area contributed by atoms with Crippen molar-refractivity contribution < 1.29 is 0 Å². The van der Waals surface area contributed by atoms with Crippen LogP contribution >= 0.6 is 11.6 Å². The molecule has 4 heteroatoms. The van der Waals surface area contributed by atoms with Crippen molar-refractivity contribution in [2.75, 3.05) is 0 Å². The molecule has 2 rings (SSSR count). The van der Waals surface area contributed by atoms with Gasteiger partial charge in [-0.3, -0.25) is 4.57 Å². The number of aryl methyl sites for hydroxylation is 1. The number of nitrogens with one attached hydrogen (secondary N) is 1. The van der Waals surface area contributed by atoms with Crippen LogP contribution < -0.4 is 5.69 Å². The van der Waals surface area contributed by atoms with Crippen molar-refractivity contribution in [3.63, 3.8) is 0 Å². The van der Waals surface area contributed by atoms with Crippen LogP contribution in [0.4, 0.5) is 0 Å². The zero-order valence-corrected chi connectivity index (χ0v) is 9.22. The van der Waals surface area contributed by atoms with Crippen molar-refractivity contribution in [3.05, 3.63) is 33.7 Å². The van der Waals surface area contributed by atoms with E-state index in [1.807, 2.05) is 19.9 Å². The summed E-state index contributed by atoms with van der Waals surface area (Å²) in [5.41, 5.74) is 1.52. The molecule has 0 spiro atoms. The number of aromatic amines is 1. The SMILES string of the molecule is CC.Cn1c(=O)[nH]c2cc(Cl)ccc21. The van der Waals surface area contributed by atoms with Crippen molar-refractivity contribution in [2.45, 2.75) is 13.8 Å². The van der Waals surface area contributed by atoms with Crippen molar-refractivity contribution in [3.8, 4) is 0 Å². The Hall–Kier alpha value is -1.22. The molecule has 0 amide bonds. The van der Waals surface area contributed by atoms with Gasteiger partial charge < -0.3 is 4.98 Å². The van der Waals surface area contributed by atoms with E-state index in [-0.39, 0.29) is 5.69 Å². The first-order valence-corrected chi connectivity index (χ1v) is 4.90. The number of benzene rings is 1. The van der Waals surface area contributed by atoms with Gasteiger partial charge >= 0.3 is 5.69 Å². The van der Waals surface area contributed by atoms with Gasteiger partial charge in [0.1, 0.15) is 0 Å². The number of hydrogen-bond donors (Lipinski definition) is 1. The van der Waals surface area contributed by atoms with E-state index in [2.05, 4.69) is 4.98 Å². The van der Waals surface area contributed by atoms with Crippen molar-refractivity contribution in [1.29, 1.82) is 0 Å². The summed E-state index contributed by atoms with van der Waals surface area (Å²) in [4.78, 5) is 13.8. The zero-order valence-electron chi connectivity index (χ0n) is 8.47. The summed E-state index contributed by atoms with van der Waals surface area (Å²) in [6.45, 7) is 4.00. The Kier molecular flexibility index (Phi) is 3.36. The van der Waals surface area contributed by atoms with Gasteiger partial charge in [-0.2, -0.15) is 0 Å². The van der Waals surface area contributed by atoms with E-state index < -0.39 is 0 Å². The molecule has 76 valence electrons. The minimum absolute atomic E-state index is 0.118. The fourth-order valence-electron chi connectivity index (χ4n) is 1.21. The molecule has 0 saturated carbocycles. The lowest BCUT2D eigenvalue weighted by atomic mass is 10.3. The number of rotatable bonds is 0. The van der Waals surface area contributed by atoms with Crippen molar-refractivity contribution in [1.82, 2.24) is 9.55 Å². The second kappa shape index (κ2) is 4.33. The zero-order chi connectivity index (χ0) is 10.7. The molecule has 1 aromatic heterocycles. The smallest absolute Gasteiger partial charge is 0.305 e. The summed E-state index contributed by atoms with van der Waals surface area (Å²) < 4.78 is 1.55. The summed E-state index contributed by atoms with van der Waals surface area (Å²) in [6.07, 6.45) is 0. The van der Waals surface area contributed by atoms with E-state index >= 15 is 0 Å². The average Bonchev–Trinajstić information content (AvgIpc) is 2.45. The van der Waals surface area contributed by atoms with Gasteiger partial charge in [0.05, 0.1) is 11.0 Å². The molecule has 0 unspecified atom stereocenters. The fraction of sp³-hybridized carbons (Fsp3) is 0.300. The van der Waals surface area contributed by atoms with Crippen LogP contribution in [0.2, 0.25) is 5.02 Å². The standard InChI is InChI=1S/C8H7ClN2O.C2H6/c1-11-7-3-2-5(9)4-6(7)10-8(11)12;1-2/h2-4H,1H3,(H,10,12);1-2H3. The van der Waals surface area contributed by atoms with E-state index in [9.17, 15) is 4.79 Å². The van der Waals surface area contributed by atoms with Crippen molar-refractivity contribution in [2.24, 2.45) is 7.05 Å². The molecule has 0 atom stereocenters. The maximum atomic E-state index is 11.1. The predicted molar refractivity (Wildman–Crippen MR) is 59.9 cm³/mol. The molecule has 1 N–H and O–H groups in total. The van der Waals surface area contributed by atoms with Gasteiger partial charge in [-0.05, 0) is 18.2 Å². The Morgan fingerprint density at radius 1 is 1.36 bits per heavy atom. The summed E-state index contributed by atoms with van der Waals surface area (Å²) in [5.74, 6) is 0. The minimum atomic E-state index is -0.118. The molecule has 2 aromatic rings. The fourth-order valence-corrected chi connectivity index (χ4v) is 1.38. The number of halogens is 1. The Morgan fingerprint density at radius 3 is 2.64 bits per heavy atom. The quantitative estimate of drug-likeness (QED) is 0.716. The third-order valence-electron chi connectivity index (χ3n) is 1.87. The van der Waals surface area contributed by atoms with E-state index in [0.717, 1.165) is 11.0 Å². The monoisotopic (exact) mass is 212 g/mol. The predicted octanol–water partition coefficient (Wildman–Crippen LogP) is 2.55. The average molecular weight is 213 g/mol. The third-order valence-corrected chi connectivity index (χ3v) is 2.10. The van der Waals surface area contributed by atoms with E-state index in [1.165, 1.54) is 0 Å². The number of H-pyrrole nitrogens is 1. The van der Waals surface area contributed by atoms with E-state index in [0.29, 0.717) is 5.02 Å². The van der Waals surface area contributed by atoms with Gasteiger partial charge in [0.2, 0.25) is 0 Å². The lowest BCUT2D eigenvalue weighted by molar-refractivity contribution is 0.891. The van der Waals surface area contributed by atoms with Crippen LogP contribution in [0.25, 0.3) is 11.0 Å². The Bertz CT molecular complexity index is 484. The highest BCUT2D eigenvalue weighted by Gasteiger charge is 2.01. The molecule has 0 radical (unpaired) electrons. The number of hydrogen-bond acceptors (Lipinski definition) is 1. The second-order valence-corrected chi connectivity index (χ2v) is 3.09. The summed E-state index contributed by atoms with van der Waals surface area (Å²) >= 11 is 5.75. The van der Waals surface area contributed by atoms with Crippen LogP contribution in [0.1, 0.15) is 13.8 Å². The van der Waals surface area contributed by atoms with Crippen LogP contribution in [-0.2, 0) is 7.05 Å². The molecular weight excluding hydrogens is 200 g/mol. The molecule has 1 heterocycles. The first-order chi connectivity index (χ1) is 6.68. The van der Waals surface area contributed by atoms with Crippen LogP contribution in [0.5, 0.6) is 0 Å². The molecule has 0 saturated heterocycles. The molecule has 0 aliphatic carbocycles. The van der Waals surface area contributed by atoms with Gasteiger partial charge in [-0.25, -0.2) is 4.79 Å². The molecule has 0 fully saturated rings. The van der Waals surface area contributed by atoms with Gasteiger partial charge in [-0.1, -0.05) is 25.4 Å². The number of aromatic nitrogens is 2. The largest absolute Gasteiger partial charge is 0.326 e. The maximum absolute atomic E-state index is 11.1. The molecule has 0 bridgehead atoms. The minimum Gasteiger partial charge on any atom is -0.305 e. The highest BCUT2D eigenvalue weighted by atomic mass is 35.5. The second-order valence-electron chi connectivity index (χ2n) is 2.65. The van der Waals surface area contributed by atoms with Crippen molar-refractivity contribution >= 4 is 22.6 Å². The van der Waals surface area contributed by atoms with Gasteiger partial charge in [-0.15, -0.1) is 0 Å². The molecule has 0 aliphatic heterocycles. The lowest BCUT2D eigenvalue weighted by Gasteiger charge is -1.92. The Morgan fingerprint density at radius 2 is 2.00 bits per heavy atom. The number of imidazole rings is 1. The molecule has 0 aliphatic rings. The molecule has 1 aromatic carbocycles. The van der Waals surface area contributed by atoms with Crippen LogP contribution in [-0.4, -0.2) is 9.55 Å². The van der Waals surface area contributed by atoms with Gasteiger partial charge in [0.25, 0.3) is 0 Å². The highest BCUT2D eigenvalue weighted by Crippen LogP contribution is 2.15. The number of fused-ring (bicyclic) bond motifs is 1. The third kappa shape index (κ3) is 1.82. The van der Waals surface area contributed by atoms with Crippen LogP contribution in [0, 0.1) is 0 Å². The summed E-state index contributed by atoms with van der Waals surface area (Å²) in [5, 5.41) is 0.629. The number of nitrogens with zero attached hydrogens (tertiary/aromatic N) is 1. The van der Waals surface area contributed by atoms with Crippen LogP contribution in [0.15, 0.2) is 23.0 Å². The van der Waals surface area contributed by atoms with Gasteiger partial charge in [0, 0.05) is 12.1 Å². The summed E-state index contributed by atoms with van der Waals surface area (Å²) in [7, 11) is 1.72.